The minimum atomic E-state index is -1.12. The van der Waals surface area contributed by atoms with Crippen LogP contribution in [-0.2, 0) is 11.2 Å². The number of carbonyl (C=O) groups excluding carboxylic acids is 2. The zero-order chi connectivity index (χ0) is 21.9. The first-order valence-corrected chi connectivity index (χ1v) is 9.05. The minimum absolute atomic E-state index is 0.129. The number of ether oxygens (including phenoxy) is 1. The van der Waals surface area contributed by atoms with Crippen molar-refractivity contribution < 1.29 is 24.4 Å². The highest BCUT2D eigenvalue weighted by Gasteiger charge is 2.47. The lowest BCUT2D eigenvalue weighted by molar-refractivity contribution is -0.386. The number of imide groups is 1. The van der Waals surface area contributed by atoms with Crippen LogP contribution in [0.5, 0.6) is 11.5 Å². The van der Waals surface area contributed by atoms with Crippen LogP contribution in [0.15, 0.2) is 47.6 Å². The highest BCUT2D eigenvalue weighted by molar-refractivity contribution is 6.07. The van der Waals surface area contributed by atoms with Gasteiger partial charge in [-0.1, -0.05) is 30.3 Å². The number of hydrogen-bond donors (Lipinski definition) is 2. The van der Waals surface area contributed by atoms with Gasteiger partial charge in [0.15, 0.2) is 5.75 Å². The maximum absolute atomic E-state index is 12.8. The lowest BCUT2D eigenvalue weighted by Gasteiger charge is -2.20. The fraction of sp³-hybridized carbons (Fsp3) is 0.250. The summed E-state index contributed by atoms with van der Waals surface area (Å²) in [4.78, 5) is 35.4. The smallest absolute Gasteiger partial charge is 0.346 e. The molecule has 0 aliphatic carbocycles. The number of amides is 3. The van der Waals surface area contributed by atoms with Gasteiger partial charge in [-0.05, 0) is 31.4 Å². The van der Waals surface area contributed by atoms with Gasteiger partial charge in [0.1, 0.15) is 5.54 Å². The largest absolute Gasteiger partial charge is 0.500 e. The molecule has 2 N–H and O–H groups in total. The Hall–Kier alpha value is -3.95. The van der Waals surface area contributed by atoms with E-state index in [1.54, 1.807) is 6.92 Å². The molecule has 1 aliphatic heterocycles. The Morgan fingerprint density at radius 1 is 1.30 bits per heavy atom. The fourth-order valence-corrected chi connectivity index (χ4v) is 3.09. The average molecular weight is 412 g/mol. The number of hydrazone groups is 1. The van der Waals surface area contributed by atoms with E-state index < -0.39 is 33.8 Å². The van der Waals surface area contributed by atoms with Crippen molar-refractivity contribution in [2.45, 2.75) is 25.3 Å². The molecule has 10 nitrogen and oxygen atoms in total. The van der Waals surface area contributed by atoms with Crippen LogP contribution in [0.4, 0.5) is 10.5 Å². The maximum Gasteiger partial charge on any atom is 0.346 e. The Morgan fingerprint density at radius 3 is 2.63 bits per heavy atom. The van der Waals surface area contributed by atoms with Crippen LogP contribution < -0.4 is 10.1 Å². The number of urea groups is 1. The SMILES string of the molecule is COc1cc(/C=N\N2C(=O)N[C@@](C)(CCc3ccccc3)C2=O)cc([N+](=O)[O-])c1O. The van der Waals surface area contributed by atoms with E-state index in [4.69, 9.17) is 4.74 Å². The van der Waals surface area contributed by atoms with E-state index in [9.17, 15) is 24.8 Å². The van der Waals surface area contributed by atoms with E-state index in [0.717, 1.165) is 17.8 Å². The Kier molecular flexibility index (Phi) is 5.67. The molecular weight excluding hydrogens is 392 g/mol. The van der Waals surface area contributed by atoms with Gasteiger partial charge >= 0.3 is 11.7 Å². The van der Waals surface area contributed by atoms with Gasteiger partial charge in [-0.3, -0.25) is 14.9 Å². The van der Waals surface area contributed by atoms with Crippen molar-refractivity contribution in [3.05, 3.63) is 63.7 Å². The molecule has 1 atom stereocenters. The first-order valence-electron chi connectivity index (χ1n) is 9.05. The standard InChI is InChI=1S/C20H20N4O6/c1-20(9-8-13-6-4-3-5-7-13)18(26)23(19(27)22-20)21-12-14-10-15(24(28)29)17(25)16(11-14)30-2/h3-7,10-12,25H,8-9H2,1-2H3,(H,22,27)/b21-12-/t20-/m0/s1. The van der Waals surface area contributed by atoms with Crippen LogP contribution in [0, 0.1) is 10.1 Å². The molecule has 2 aromatic rings. The summed E-state index contributed by atoms with van der Waals surface area (Å²) in [6.45, 7) is 1.63. The average Bonchev–Trinajstić information content (AvgIpc) is 2.94. The molecule has 1 saturated heterocycles. The molecule has 0 saturated carbocycles. The van der Waals surface area contributed by atoms with Gasteiger partial charge in [0, 0.05) is 11.6 Å². The number of nitrogens with one attached hydrogen (secondary N) is 1. The number of hydrogen-bond acceptors (Lipinski definition) is 7. The van der Waals surface area contributed by atoms with Crippen molar-refractivity contribution in [3.63, 3.8) is 0 Å². The summed E-state index contributed by atoms with van der Waals surface area (Å²) in [7, 11) is 1.25. The van der Waals surface area contributed by atoms with Crippen LogP contribution in [-0.4, -0.2) is 45.8 Å². The predicted molar refractivity (Wildman–Crippen MR) is 107 cm³/mol. The number of carbonyl (C=O) groups is 2. The summed E-state index contributed by atoms with van der Waals surface area (Å²) >= 11 is 0. The van der Waals surface area contributed by atoms with Gasteiger partial charge in [0.05, 0.1) is 18.2 Å². The van der Waals surface area contributed by atoms with Gasteiger partial charge in [-0.15, -0.1) is 5.01 Å². The number of nitrogens with zero attached hydrogens (tertiary/aromatic N) is 3. The van der Waals surface area contributed by atoms with Gasteiger partial charge in [-0.2, -0.15) is 5.10 Å². The zero-order valence-corrected chi connectivity index (χ0v) is 16.4. The van der Waals surface area contributed by atoms with Gasteiger partial charge in [-0.25, -0.2) is 4.79 Å². The number of rotatable bonds is 7. The summed E-state index contributed by atoms with van der Waals surface area (Å²) in [6, 6.07) is 11.2. The van der Waals surface area contributed by atoms with Gasteiger partial charge in [0.25, 0.3) is 5.91 Å². The van der Waals surface area contributed by atoms with E-state index in [-0.39, 0.29) is 11.3 Å². The maximum atomic E-state index is 12.8. The number of aromatic hydroxyl groups is 1. The first-order chi connectivity index (χ1) is 14.2. The Morgan fingerprint density at radius 2 is 2.00 bits per heavy atom. The molecule has 0 radical (unpaired) electrons. The van der Waals surface area contributed by atoms with Crippen LogP contribution in [0.1, 0.15) is 24.5 Å². The Labute approximate surface area is 171 Å². The zero-order valence-electron chi connectivity index (χ0n) is 16.4. The number of phenols is 1. The lowest BCUT2D eigenvalue weighted by Crippen LogP contribution is -2.44. The molecule has 0 unspecified atom stereocenters. The normalized spacial score (nSPS) is 18.7. The van der Waals surface area contributed by atoms with Crippen molar-refractivity contribution >= 4 is 23.8 Å². The van der Waals surface area contributed by atoms with Gasteiger partial charge in [0.2, 0.25) is 5.75 Å². The van der Waals surface area contributed by atoms with Crippen molar-refractivity contribution in [1.82, 2.24) is 10.3 Å². The van der Waals surface area contributed by atoms with Crippen LogP contribution >= 0.6 is 0 Å². The highest BCUT2D eigenvalue weighted by Crippen LogP contribution is 2.36. The van der Waals surface area contributed by atoms with E-state index in [1.807, 2.05) is 30.3 Å². The van der Waals surface area contributed by atoms with E-state index in [0.29, 0.717) is 17.9 Å². The molecule has 3 amide bonds. The number of nitro groups is 1. The molecule has 0 aromatic heterocycles. The fourth-order valence-electron chi connectivity index (χ4n) is 3.09. The van der Waals surface area contributed by atoms with E-state index in [1.165, 1.54) is 13.2 Å². The van der Waals surface area contributed by atoms with Crippen LogP contribution in [0.2, 0.25) is 0 Å². The molecule has 1 aliphatic rings. The summed E-state index contributed by atoms with van der Waals surface area (Å²) in [6.07, 6.45) is 2.09. The van der Waals surface area contributed by atoms with Gasteiger partial charge < -0.3 is 15.2 Å². The molecule has 10 heteroatoms. The first kappa shape index (κ1) is 20.8. The van der Waals surface area contributed by atoms with Crippen molar-refractivity contribution in [1.29, 1.82) is 0 Å². The number of nitro benzene ring substituents is 1. The second-order valence-corrected chi connectivity index (χ2v) is 6.96. The quantitative estimate of drug-likeness (QED) is 0.311. The summed E-state index contributed by atoms with van der Waals surface area (Å²) in [5.74, 6) is -1.28. The van der Waals surface area contributed by atoms with Crippen LogP contribution in [0.3, 0.4) is 0 Å². The molecule has 2 aromatic carbocycles. The molecule has 1 fully saturated rings. The topological polar surface area (TPSA) is 134 Å². The molecule has 1 heterocycles. The third-order valence-electron chi connectivity index (χ3n) is 4.81. The molecular formula is C20H20N4O6. The minimum Gasteiger partial charge on any atom is -0.500 e. The summed E-state index contributed by atoms with van der Waals surface area (Å²) < 4.78 is 4.92. The predicted octanol–water partition coefficient (Wildman–Crippen LogP) is 2.59. The summed E-state index contributed by atoms with van der Waals surface area (Å²) in [5.41, 5.74) is -0.495. The molecule has 0 bridgehead atoms. The number of phenolic OH excluding ortho intramolecular Hbond substituents is 1. The second kappa shape index (κ2) is 8.19. The second-order valence-electron chi connectivity index (χ2n) is 6.96. The summed E-state index contributed by atoms with van der Waals surface area (Å²) in [5, 5.41) is 28.2. The van der Waals surface area contributed by atoms with Crippen LogP contribution in [0.25, 0.3) is 0 Å². The Bertz CT molecular complexity index is 1020. The van der Waals surface area contributed by atoms with Crippen molar-refractivity contribution in [2.75, 3.05) is 7.11 Å². The third-order valence-corrected chi connectivity index (χ3v) is 4.81. The monoisotopic (exact) mass is 412 g/mol. The Balaban J connectivity index is 1.79. The highest BCUT2D eigenvalue weighted by atomic mass is 16.6. The molecule has 30 heavy (non-hydrogen) atoms. The van der Waals surface area contributed by atoms with E-state index in [2.05, 4.69) is 10.4 Å². The number of aryl methyl sites for hydroxylation is 1. The molecule has 0 spiro atoms. The third kappa shape index (κ3) is 4.07. The number of methoxy groups -OCH3 is 1. The van der Waals surface area contributed by atoms with Crippen molar-refractivity contribution in [3.8, 4) is 11.5 Å². The molecule has 3 rings (SSSR count). The van der Waals surface area contributed by atoms with Crippen molar-refractivity contribution in [2.24, 2.45) is 5.10 Å². The molecule has 156 valence electrons. The lowest BCUT2D eigenvalue weighted by atomic mass is 9.93. The number of benzene rings is 2. The van der Waals surface area contributed by atoms with E-state index >= 15 is 0 Å².